The number of hydrogen-bond donors (Lipinski definition) is 1. The maximum atomic E-state index is 12.1. The van der Waals surface area contributed by atoms with Crippen molar-refractivity contribution in [3.05, 3.63) is 53.3 Å². The van der Waals surface area contributed by atoms with Crippen LogP contribution in [0, 0.1) is 0 Å². The van der Waals surface area contributed by atoms with Crippen LogP contribution in [0.2, 0.25) is 0 Å². The lowest BCUT2D eigenvalue weighted by Crippen LogP contribution is -2.24. The molecule has 0 saturated carbocycles. The van der Waals surface area contributed by atoms with Gasteiger partial charge in [0, 0.05) is 6.54 Å². The van der Waals surface area contributed by atoms with Gasteiger partial charge >= 0.3 is 5.97 Å². The number of fused-ring (bicyclic) bond motifs is 1. The van der Waals surface area contributed by atoms with Crippen molar-refractivity contribution in [1.29, 1.82) is 0 Å². The summed E-state index contributed by atoms with van der Waals surface area (Å²) in [4.78, 5) is 27.5. The van der Waals surface area contributed by atoms with E-state index in [1.807, 2.05) is 6.07 Å². The lowest BCUT2D eigenvalue weighted by Gasteiger charge is -2.06. The van der Waals surface area contributed by atoms with Crippen LogP contribution >= 0.6 is 0 Å². The van der Waals surface area contributed by atoms with E-state index in [1.54, 1.807) is 18.2 Å². The zero-order chi connectivity index (χ0) is 16.2. The van der Waals surface area contributed by atoms with Crippen molar-refractivity contribution in [1.82, 2.24) is 10.3 Å². The van der Waals surface area contributed by atoms with Crippen LogP contribution in [0.1, 0.15) is 26.5 Å². The molecule has 0 spiro atoms. The van der Waals surface area contributed by atoms with E-state index in [1.165, 1.54) is 19.2 Å². The number of hydrogen-bond acceptors (Lipinski definition) is 6. The van der Waals surface area contributed by atoms with Gasteiger partial charge in [-0.2, -0.15) is 0 Å². The fraction of sp³-hybridized carbons (Fsp3) is 0.188. The molecule has 0 unspecified atom stereocenters. The van der Waals surface area contributed by atoms with Gasteiger partial charge in [-0.3, -0.25) is 4.79 Å². The van der Waals surface area contributed by atoms with Crippen LogP contribution in [0.5, 0.6) is 11.5 Å². The topological polar surface area (TPSA) is 86.8 Å². The zero-order valence-corrected chi connectivity index (χ0v) is 12.4. The van der Waals surface area contributed by atoms with Gasteiger partial charge in [-0.05, 0) is 29.8 Å². The maximum Gasteiger partial charge on any atom is 0.356 e. The van der Waals surface area contributed by atoms with E-state index in [0.29, 0.717) is 18.0 Å². The zero-order valence-electron chi connectivity index (χ0n) is 12.4. The summed E-state index contributed by atoms with van der Waals surface area (Å²) in [6.45, 7) is 0.509. The molecule has 23 heavy (non-hydrogen) atoms. The van der Waals surface area contributed by atoms with Crippen LogP contribution in [0.25, 0.3) is 0 Å². The molecule has 0 saturated heterocycles. The number of ether oxygens (including phenoxy) is 3. The van der Waals surface area contributed by atoms with E-state index in [9.17, 15) is 9.59 Å². The van der Waals surface area contributed by atoms with E-state index in [-0.39, 0.29) is 24.1 Å². The third-order valence-electron chi connectivity index (χ3n) is 3.27. The standard InChI is InChI=1S/C16H14N2O5/c1-21-16(20)12-4-2-3-11(18-12)15(19)17-8-10-5-6-13-14(7-10)23-9-22-13/h2-7H,8-9H2,1H3,(H,17,19). The van der Waals surface area contributed by atoms with Gasteiger partial charge < -0.3 is 19.5 Å². The molecular weight excluding hydrogens is 300 g/mol. The Balaban J connectivity index is 1.66. The maximum absolute atomic E-state index is 12.1. The summed E-state index contributed by atoms with van der Waals surface area (Å²) >= 11 is 0. The molecule has 1 aromatic heterocycles. The minimum absolute atomic E-state index is 0.0863. The molecule has 0 bridgehead atoms. The second-order valence-electron chi connectivity index (χ2n) is 4.77. The first-order valence-corrected chi connectivity index (χ1v) is 6.89. The Kier molecular flexibility index (Phi) is 4.09. The Morgan fingerprint density at radius 1 is 1.17 bits per heavy atom. The molecule has 1 aromatic carbocycles. The lowest BCUT2D eigenvalue weighted by atomic mass is 10.2. The Labute approximate surface area is 132 Å². The third kappa shape index (κ3) is 3.23. The lowest BCUT2D eigenvalue weighted by molar-refractivity contribution is 0.0594. The summed E-state index contributed by atoms with van der Waals surface area (Å²) in [5.41, 5.74) is 1.10. The van der Waals surface area contributed by atoms with Crippen molar-refractivity contribution in [2.24, 2.45) is 0 Å². The summed E-state index contributed by atoms with van der Waals surface area (Å²) in [6, 6.07) is 10.0. The van der Waals surface area contributed by atoms with Crippen LogP contribution in [0.15, 0.2) is 36.4 Å². The molecule has 2 heterocycles. The van der Waals surface area contributed by atoms with Crippen LogP contribution in [0.3, 0.4) is 0 Å². The monoisotopic (exact) mass is 314 g/mol. The molecule has 0 fully saturated rings. The predicted octanol–water partition coefficient (Wildman–Crippen LogP) is 1.53. The van der Waals surface area contributed by atoms with E-state index in [4.69, 9.17) is 9.47 Å². The van der Waals surface area contributed by atoms with Gasteiger partial charge in [-0.15, -0.1) is 0 Å². The number of rotatable bonds is 4. The van der Waals surface area contributed by atoms with Gasteiger partial charge in [0.15, 0.2) is 11.5 Å². The molecule has 1 aliphatic heterocycles. The van der Waals surface area contributed by atoms with Crippen molar-refractivity contribution in [2.75, 3.05) is 13.9 Å². The van der Waals surface area contributed by atoms with Crippen molar-refractivity contribution in [2.45, 2.75) is 6.54 Å². The van der Waals surface area contributed by atoms with Gasteiger partial charge in [0.2, 0.25) is 6.79 Å². The number of amides is 1. The number of benzene rings is 1. The van der Waals surface area contributed by atoms with Crippen molar-refractivity contribution < 1.29 is 23.8 Å². The highest BCUT2D eigenvalue weighted by molar-refractivity contribution is 5.94. The van der Waals surface area contributed by atoms with Crippen LogP contribution in [0.4, 0.5) is 0 Å². The van der Waals surface area contributed by atoms with Gasteiger partial charge in [0.25, 0.3) is 5.91 Å². The average Bonchev–Trinajstić information content (AvgIpc) is 3.06. The van der Waals surface area contributed by atoms with Gasteiger partial charge in [-0.1, -0.05) is 12.1 Å². The molecular formula is C16H14N2O5. The number of nitrogens with zero attached hydrogens (tertiary/aromatic N) is 1. The predicted molar refractivity (Wildman–Crippen MR) is 79.3 cm³/mol. The summed E-state index contributed by atoms with van der Waals surface area (Å²) < 4.78 is 15.1. The average molecular weight is 314 g/mol. The molecule has 3 rings (SSSR count). The minimum atomic E-state index is -0.588. The van der Waals surface area contributed by atoms with E-state index >= 15 is 0 Å². The highest BCUT2D eigenvalue weighted by Gasteiger charge is 2.15. The summed E-state index contributed by atoms with van der Waals surface area (Å²) in [7, 11) is 1.26. The fourth-order valence-corrected chi connectivity index (χ4v) is 2.10. The van der Waals surface area contributed by atoms with Gasteiger partial charge in [0.05, 0.1) is 7.11 Å². The molecule has 1 amide bonds. The summed E-state index contributed by atoms with van der Waals surface area (Å²) in [6.07, 6.45) is 0. The summed E-state index contributed by atoms with van der Waals surface area (Å²) in [5.74, 6) is 0.374. The number of methoxy groups -OCH3 is 1. The van der Waals surface area contributed by atoms with Crippen molar-refractivity contribution >= 4 is 11.9 Å². The number of pyridine rings is 1. The normalized spacial score (nSPS) is 11.9. The number of aromatic nitrogens is 1. The minimum Gasteiger partial charge on any atom is -0.464 e. The molecule has 2 aromatic rings. The Morgan fingerprint density at radius 3 is 2.78 bits per heavy atom. The molecule has 7 heteroatoms. The Hall–Kier alpha value is -3.09. The van der Waals surface area contributed by atoms with Gasteiger partial charge in [0.1, 0.15) is 11.4 Å². The largest absolute Gasteiger partial charge is 0.464 e. The molecule has 1 aliphatic rings. The van der Waals surface area contributed by atoms with E-state index < -0.39 is 5.97 Å². The smallest absolute Gasteiger partial charge is 0.356 e. The molecule has 1 N–H and O–H groups in total. The first kappa shape index (κ1) is 14.8. The first-order valence-electron chi connectivity index (χ1n) is 6.89. The number of carbonyl (C=O) groups excluding carboxylic acids is 2. The van der Waals surface area contributed by atoms with Gasteiger partial charge in [-0.25, -0.2) is 9.78 Å². The second-order valence-corrected chi connectivity index (χ2v) is 4.77. The van der Waals surface area contributed by atoms with Crippen LogP contribution in [-0.2, 0) is 11.3 Å². The highest BCUT2D eigenvalue weighted by atomic mass is 16.7. The van der Waals surface area contributed by atoms with Crippen LogP contribution in [-0.4, -0.2) is 30.8 Å². The number of esters is 1. The number of carbonyl (C=O) groups is 2. The van der Waals surface area contributed by atoms with E-state index in [2.05, 4.69) is 15.0 Å². The molecule has 0 radical (unpaired) electrons. The van der Waals surface area contributed by atoms with Crippen LogP contribution < -0.4 is 14.8 Å². The quantitative estimate of drug-likeness (QED) is 0.861. The fourth-order valence-electron chi connectivity index (χ4n) is 2.10. The van der Waals surface area contributed by atoms with Crippen molar-refractivity contribution in [3.8, 4) is 11.5 Å². The third-order valence-corrected chi connectivity index (χ3v) is 3.27. The molecule has 118 valence electrons. The number of nitrogens with one attached hydrogen (secondary N) is 1. The molecule has 7 nitrogen and oxygen atoms in total. The van der Waals surface area contributed by atoms with E-state index in [0.717, 1.165) is 5.56 Å². The molecule has 0 aliphatic carbocycles. The first-order chi connectivity index (χ1) is 11.2. The SMILES string of the molecule is COC(=O)c1cccc(C(=O)NCc2ccc3c(c2)OCO3)n1. The second kappa shape index (κ2) is 6.35. The molecule has 0 atom stereocenters. The van der Waals surface area contributed by atoms with Crippen molar-refractivity contribution in [3.63, 3.8) is 0 Å². The highest BCUT2D eigenvalue weighted by Crippen LogP contribution is 2.32. The Morgan fingerprint density at radius 2 is 1.96 bits per heavy atom. The Bertz CT molecular complexity index is 760. The summed E-state index contributed by atoms with van der Waals surface area (Å²) in [5, 5.41) is 2.74.